The summed E-state index contributed by atoms with van der Waals surface area (Å²) < 4.78 is 0.931. The van der Waals surface area contributed by atoms with Gasteiger partial charge < -0.3 is 10.8 Å². The molecule has 3 rings (SSSR count). The number of rotatable bonds is 3. The van der Waals surface area contributed by atoms with Crippen molar-refractivity contribution in [1.29, 1.82) is 0 Å². The highest BCUT2D eigenvalue weighted by Crippen LogP contribution is 2.35. The molecule has 1 aromatic heterocycles. The Morgan fingerprint density at radius 2 is 1.96 bits per heavy atom. The van der Waals surface area contributed by atoms with Crippen molar-refractivity contribution < 1.29 is 14.7 Å². The summed E-state index contributed by atoms with van der Waals surface area (Å²) in [5.41, 5.74) is 8.77. The maximum atomic E-state index is 13.0. The second-order valence-electron chi connectivity index (χ2n) is 5.89. The maximum absolute atomic E-state index is 13.0. The molecule has 0 aliphatic rings. The normalized spacial score (nSPS) is 11.0. The Hall–Kier alpha value is -2.79. The molecule has 0 unspecified atom stereocenters. The topological polar surface area (TPSA) is 85.3 Å². The number of hydrogen-bond donors (Lipinski definition) is 2. The van der Waals surface area contributed by atoms with Gasteiger partial charge in [0.25, 0.3) is 0 Å². The molecule has 0 atom stereocenters. The lowest BCUT2D eigenvalue weighted by Gasteiger charge is -2.06. The van der Waals surface area contributed by atoms with Gasteiger partial charge in [-0.25, -0.2) is 9.36 Å². The predicted molar refractivity (Wildman–Crippen MR) is 98.8 cm³/mol. The van der Waals surface area contributed by atoms with Gasteiger partial charge in [-0.1, -0.05) is 42.3 Å². The molecule has 2 aromatic carbocycles. The summed E-state index contributed by atoms with van der Waals surface area (Å²) in [5, 5.41) is 10.7. The number of benzene rings is 2. The molecule has 1 heterocycles. The average Bonchev–Trinajstić information content (AvgIpc) is 2.86. The number of carbonyl (C=O) groups is 2. The van der Waals surface area contributed by atoms with Crippen LogP contribution in [-0.2, 0) is 6.42 Å². The van der Waals surface area contributed by atoms with Crippen molar-refractivity contribution in [2.75, 3.05) is 5.73 Å². The van der Waals surface area contributed by atoms with E-state index < -0.39 is 11.9 Å². The summed E-state index contributed by atoms with van der Waals surface area (Å²) >= 11 is 6.13. The minimum absolute atomic E-state index is 0.0509. The van der Waals surface area contributed by atoms with E-state index in [1.165, 1.54) is 6.07 Å². The maximum Gasteiger partial charge on any atom is 0.416 e. The van der Waals surface area contributed by atoms with E-state index in [0.717, 1.165) is 15.7 Å². The molecule has 6 heteroatoms. The third kappa shape index (κ3) is 2.76. The molecular weight excluding hydrogens is 340 g/mol. The number of carbonyl (C=O) groups excluding carboxylic acids is 1. The van der Waals surface area contributed by atoms with Crippen molar-refractivity contribution in [2.45, 2.75) is 20.3 Å². The molecule has 0 amide bonds. The van der Waals surface area contributed by atoms with Crippen LogP contribution in [0.3, 0.4) is 0 Å². The first kappa shape index (κ1) is 17.0. The Morgan fingerprint density at radius 1 is 1.24 bits per heavy atom. The number of aryl methyl sites for hydroxylation is 2. The molecule has 128 valence electrons. The van der Waals surface area contributed by atoms with Crippen molar-refractivity contribution in [3.63, 3.8) is 0 Å². The molecule has 0 saturated carbocycles. The van der Waals surface area contributed by atoms with Gasteiger partial charge in [0.15, 0.2) is 0 Å². The number of halogens is 1. The van der Waals surface area contributed by atoms with Gasteiger partial charge in [0.2, 0.25) is 5.78 Å². The molecular formula is C19H17ClN2O3. The second kappa shape index (κ2) is 6.26. The smallest absolute Gasteiger partial charge is 0.416 e. The molecule has 0 spiro atoms. The summed E-state index contributed by atoms with van der Waals surface area (Å²) in [7, 11) is 0. The van der Waals surface area contributed by atoms with Gasteiger partial charge in [0.1, 0.15) is 5.69 Å². The number of nitrogen functional groups attached to an aromatic ring is 1. The van der Waals surface area contributed by atoms with Crippen LogP contribution in [0.15, 0.2) is 36.4 Å². The summed E-state index contributed by atoms with van der Waals surface area (Å²) in [4.78, 5) is 24.9. The molecule has 0 aliphatic carbocycles. The summed E-state index contributed by atoms with van der Waals surface area (Å²) in [6, 6.07) is 10.2. The molecule has 0 bridgehead atoms. The van der Waals surface area contributed by atoms with Crippen LogP contribution in [0.1, 0.15) is 34.1 Å². The molecule has 0 saturated heterocycles. The van der Waals surface area contributed by atoms with Gasteiger partial charge in [0, 0.05) is 16.0 Å². The van der Waals surface area contributed by atoms with Crippen molar-refractivity contribution in [3.8, 4) is 0 Å². The number of anilines is 1. The van der Waals surface area contributed by atoms with Crippen molar-refractivity contribution in [2.24, 2.45) is 0 Å². The SMILES string of the molecule is CCc1cc(Cl)cc2c1c(N)c(C(=O)c1cccc(C)c1)n2C(=O)O. The van der Waals surface area contributed by atoms with Crippen LogP contribution in [0.5, 0.6) is 0 Å². The summed E-state index contributed by atoms with van der Waals surface area (Å²) in [6.07, 6.45) is -0.662. The minimum Gasteiger partial charge on any atom is -0.464 e. The number of carboxylic acid groups (broad SMARTS) is 1. The van der Waals surface area contributed by atoms with Crippen LogP contribution < -0.4 is 5.73 Å². The lowest BCUT2D eigenvalue weighted by molar-refractivity contribution is 0.103. The van der Waals surface area contributed by atoms with Crippen LogP contribution >= 0.6 is 11.6 Å². The zero-order chi connectivity index (χ0) is 18.3. The lowest BCUT2D eigenvalue weighted by atomic mass is 10.0. The number of fused-ring (bicyclic) bond motifs is 1. The standard InChI is InChI=1S/C19H17ClN2O3/c1-3-11-8-13(20)9-14-15(11)16(21)17(22(14)19(24)25)18(23)12-6-4-5-10(2)7-12/h4-9H,3,21H2,1-2H3,(H,24,25). The summed E-state index contributed by atoms with van der Waals surface area (Å²) in [5.74, 6) is -0.432. The molecule has 25 heavy (non-hydrogen) atoms. The number of hydrogen-bond acceptors (Lipinski definition) is 3. The largest absolute Gasteiger partial charge is 0.464 e. The number of nitrogens with zero attached hydrogens (tertiary/aromatic N) is 1. The fourth-order valence-corrected chi connectivity index (χ4v) is 3.35. The van der Waals surface area contributed by atoms with Crippen LogP contribution in [-0.4, -0.2) is 21.6 Å². The highest BCUT2D eigenvalue weighted by atomic mass is 35.5. The zero-order valence-electron chi connectivity index (χ0n) is 13.8. The van der Waals surface area contributed by atoms with Gasteiger partial charge in [0.05, 0.1) is 11.2 Å². The monoisotopic (exact) mass is 356 g/mol. The van der Waals surface area contributed by atoms with E-state index in [4.69, 9.17) is 17.3 Å². The minimum atomic E-state index is -1.28. The predicted octanol–water partition coefficient (Wildman–Crippen LogP) is 4.50. The van der Waals surface area contributed by atoms with E-state index in [1.807, 2.05) is 19.9 Å². The molecule has 0 aliphatic heterocycles. The Kier molecular flexibility index (Phi) is 4.27. The number of ketones is 1. The zero-order valence-corrected chi connectivity index (χ0v) is 14.6. The molecule has 0 fully saturated rings. The van der Waals surface area contributed by atoms with E-state index in [9.17, 15) is 14.7 Å². The quantitative estimate of drug-likeness (QED) is 0.676. The van der Waals surface area contributed by atoms with E-state index >= 15 is 0 Å². The van der Waals surface area contributed by atoms with Crippen molar-refractivity contribution in [1.82, 2.24) is 4.57 Å². The Labute approximate surface area is 149 Å². The summed E-state index contributed by atoms with van der Waals surface area (Å²) in [6.45, 7) is 3.78. The Bertz CT molecular complexity index is 1020. The first-order valence-electron chi connectivity index (χ1n) is 7.82. The highest BCUT2D eigenvalue weighted by molar-refractivity contribution is 6.32. The van der Waals surface area contributed by atoms with E-state index in [-0.39, 0.29) is 11.4 Å². The average molecular weight is 357 g/mol. The second-order valence-corrected chi connectivity index (χ2v) is 6.33. The number of nitrogens with two attached hydrogens (primary N) is 1. The highest BCUT2D eigenvalue weighted by Gasteiger charge is 2.27. The van der Waals surface area contributed by atoms with Crippen molar-refractivity contribution in [3.05, 3.63) is 63.8 Å². The lowest BCUT2D eigenvalue weighted by Crippen LogP contribution is -2.17. The fraction of sp³-hybridized carbons (Fsp3) is 0.158. The van der Waals surface area contributed by atoms with Crippen LogP contribution in [0, 0.1) is 6.92 Å². The molecule has 0 radical (unpaired) electrons. The van der Waals surface area contributed by atoms with Gasteiger partial charge in [-0.3, -0.25) is 4.79 Å². The van der Waals surface area contributed by atoms with E-state index in [1.54, 1.807) is 24.3 Å². The van der Waals surface area contributed by atoms with Crippen LogP contribution in [0.25, 0.3) is 10.9 Å². The van der Waals surface area contributed by atoms with Gasteiger partial charge in [-0.05, 0) is 37.1 Å². The van der Waals surface area contributed by atoms with Gasteiger partial charge in [-0.15, -0.1) is 0 Å². The first-order valence-corrected chi connectivity index (χ1v) is 8.20. The van der Waals surface area contributed by atoms with Crippen LogP contribution in [0.4, 0.5) is 10.5 Å². The van der Waals surface area contributed by atoms with E-state index in [0.29, 0.717) is 27.9 Å². The van der Waals surface area contributed by atoms with Crippen molar-refractivity contribution >= 4 is 40.1 Å². The third-order valence-corrected chi connectivity index (χ3v) is 4.44. The Balaban J connectivity index is 2.38. The molecule has 5 nitrogen and oxygen atoms in total. The third-order valence-electron chi connectivity index (χ3n) is 4.22. The van der Waals surface area contributed by atoms with Crippen LogP contribution in [0.2, 0.25) is 5.02 Å². The van der Waals surface area contributed by atoms with Gasteiger partial charge >= 0.3 is 6.09 Å². The van der Waals surface area contributed by atoms with Gasteiger partial charge in [-0.2, -0.15) is 0 Å². The molecule has 3 N–H and O–H groups in total. The number of aromatic nitrogens is 1. The first-order chi connectivity index (χ1) is 11.8. The molecule has 3 aromatic rings. The van der Waals surface area contributed by atoms with E-state index in [2.05, 4.69) is 0 Å². The fourth-order valence-electron chi connectivity index (χ4n) is 3.12. The Morgan fingerprint density at radius 3 is 2.56 bits per heavy atom.